The quantitative estimate of drug-likeness (QED) is 0.793. The molecule has 0 aliphatic carbocycles. The third-order valence-electron chi connectivity index (χ3n) is 2.10. The molecule has 0 heterocycles. The molecule has 18 heavy (non-hydrogen) atoms. The number of carbonyl (C=O) groups excluding carboxylic acids is 1. The first kappa shape index (κ1) is 13.3. The summed E-state index contributed by atoms with van der Waals surface area (Å²) in [6.45, 7) is 3.32. The van der Waals surface area contributed by atoms with Crippen LogP contribution in [0.15, 0.2) is 30.0 Å². The Balaban J connectivity index is 3.03. The molecule has 1 amide bonds. The highest BCUT2D eigenvalue weighted by Gasteiger charge is 2.03. The third-order valence-corrected chi connectivity index (χ3v) is 2.10. The summed E-state index contributed by atoms with van der Waals surface area (Å²) in [5.74, 6) is -0.187. The number of benzene rings is 1. The first-order chi connectivity index (χ1) is 8.56. The topological polar surface area (TPSA) is 88.7 Å². The Kier molecular flexibility index (Phi) is 4.48. The van der Waals surface area contributed by atoms with Gasteiger partial charge >= 0.3 is 0 Å². The van der Waals surface area contributed by atoms with Crippen LogP contribution in [0, 0.1) is 29.6 Å². The standard InChI is InChI=1S/C13H12N4O/c1-9-3-4-12(13(5-9)17-10(2)18)16-8-11(6-14)7-15/h3-5,8,16H,1-2H3,(H,17,18). The second-order valence-electron chi connectivity index (χ2n) is 3.66. The van der Waals surface area contributed by atoms with E-state index in [-0.39, 0.29) is 11.5 Å². The highest BCUT2D eigenvalue weighted by molar-refractivity contribution is 5.92. The van der Waals surface area contributed by atoms with Crippen LogP contribution in [0.4, 0.5) is 11.4 Å². The Labute approximate surface area is 105 Å². The number of carbonyl (C=O) groups is 1. The highest BCUT2D eigenvalue weighted by Crippen LogP contribution is 2.23. The lowest BCUT2D eigenvalue weighted by Crippen LogP contribution is -2.08. The molecular weight excluding hydrogens is 228 g/mol. The molecule has 0 aliphatic heterocycles. The number of allylic oxidation sites excluding steroid dienone is 1. The van der Waals surface area contributed by atoms with Gasteiger partial charge in [-0.2, -0.15) is 10.5 Å². The van der Waals surface area contributed by atoms with Gasteiger partial charge in [-0.25, -0.2) is 0 Å². The van der Waals surface area contributed by atoms with Crippen molar-refractivity contribution in [2.24, 2.45) is 0 Å². The van der Waals surface area contributed by atoms with Crippen LogP contribution < -0.4 is 10.6 Å². The van der Waals surface area contributed by atoms with Crippen molar-refractivity contribution < 1.29 is 4.79 Å². The largest absolute Gasteiger partial charge is 0.358 e. The number of rotatable bonds is 3. The van der Waals surface area contributed by atoms with Crippen molar-refractivity contribution in [2.75, 3.05) is 10.6 Å². The summed E-state index contributed by atoms with van der Waals surface area (Å²) in [5, 5.41) is 22.7. The fraction of sp³-hybridized carbons (Fsp3) is 0.154. The summed E-state index contributed by atoms with van der Waals surface area (Å²) in [6.07, 6.45) is 1.30. The van der Waals surface area contributed by atoms with Crippen LogP contribution in [0.5, 0.6) is 0 Å². The molecule has 90 valence electrons. The molecule has 0 aromatic heterocycles. The molecule has 1 rings (SSSR count). The SMILES string of the molecule is CC(=O)Nc1cc(C)ccc1NC=C(C#N)C#N. The van der Waals surface area contributed by atoms with E-state index >= 15 is 0 Å². The lowest BCUT2D eigenvalue weighted by atomic mass is 10.2. The maximum Gasteiger partial charge on any atom is 0.221 e. The van der Waals surface area contributed by atoms with E-state index < -0.39 is 0 Å². The number of hydrogen-bond donors (Lipinski definition) is 2. The van der Waals surface area contributed by atoms with Crippen LogP contribution in [-0.4, -0.2) is 5.91 Å². The second-order valence-corrected chi connectivity index (χ2v) is 3.66. The molecule has 2 N–H and O–H groups in total. The monoisotopic (exact) mass is 240 g/mol. The Hall–Kier alpha value is -2.79. The van der Waals surface area contributed by atoms with Gasteiger partial charge in [0, 0.05) is 13.1 Å². The van der Waals surface area contributed by atoms with E-state index in [4.69, 9.17) is 10.5 Å². The average molecular weight is 240 g/mol. The zero-order valence-electron chi connectivity index (χ0n) is 10.1. The minimum Gasteiger partial charge on any atom is -0.358 e. The smallest absolute Gasteiger partial charge is 0.221 e. The van der Waals surface area contributed by atoms with Gasteiger partial charge in [0.05, 0.1) is 11.4 Å². The highest BCUT2D eigenvalue weighted by atomic mass is 16.1. The number of aryl methyl sites for hydroxylation is 1. The Bertz CT molecular complexity index is 560. The van der Waals surface area contributed by atoms with E-state index in [1.165, 1.54) is 13.1 Å². The van der Waals surface area contributed by atoms with Gasteiger partial charge in [0.1, 0.15) is 17.7 Å². The van der Waals surface area contributed by atoms with Crippen molar-refractivity contribution in [1.82, 2.24) is 0 Å². The van der Waals surface area contributed by atoms with E-state index in [2.05, 4.69) is 10.6 Å². The fourth-order valence-electron chi connectivity index (χ4n) is 1.32. The molecule has 1 aromatic rings. The van der Waals surface area contributed by atoms with Gasteiger partial charge in [0.25, 0.3) is 0 Å². The number of amides is 1. The molecule has 0 radical (unpaired) electrons. The van der Waals surface area contributed by atoms with Crippen molar-refractivity contribution in [3.63, 3.8) is 0 Å². The Morgan fingerprint density at radius 1 is 1.28 bits per heavy atom. The van der Waals surface area contributed by atoms with E-state index in [0.717, 1.165) is 5.56 Å². The van der Waals surface area contributed by atoms with Gasteiger partial charge in [-0.05, 0) is 24.6 Å². The zero-order chi connectivity index (χ0) is 13.5. The predicted octanol–water partition coefficient (Wildman–Crippen LogP) is 2.30. The predicted molar refractivity (Wildman–Crippen MR) is 68.4 cm³/mol. The van der Waals surface area contributed by atoms with Gasteiger partial charge in [-0.15, -0.1) is 0 Å². The van der Waals surface area contributed by atoms with Crippen molar-refractivity contribution in [2.45, 2.75) is 13.8 Å². The van der Waals surface area contributed by atoms with Crippen molar-refractivity contribution in [1.29, 1.82) is 10.5 Å². The number of nitrogens with zero attached hydrogens (tertiary/aromatic N) is 2. The number of hydrogen-bond acceptors (Lipinski definition) is 4. The van der Waals surface area contributed by atoms with Gasteiger partial charge < -0.3 is 10.6 Å². The maximum atomic E-state index is 11.1. The van der Waals surface area contributed by atoms with E-state index in [0.29, 0.717) is 11.4 Å². The molecule has 0 atom stereocenters. The lowest BCUT2D eigenvalue weighted by Gasteiger charge is -2.10. The molecular formula is C13H12N4O. The summed E-state index contributed by atoms with van der Waals surface area (Å²) < 4.78 is 0. The van der Waals surface area contributed by atoms with E-state index in [1.54, 1.807) is 24.3 Å². The van der Waals surface area contributed by atoms with Gasteiger partial charge in [0.2, 0.25) is 5.91 Å². The zero-order valence-corrected chi connectivity index (χ0v) is 10.1. The van der Waals surface area contributed by atoms with Gasteiger partial charge in [0.15, 0.2) is 0 Å². The van der Waals surface area contributed by atoms with Crippen LogP contribution in [-0.2, 0) is 4.79 Å². The molecule has 0 bridgehead atoms. The van der Waals surface area contributed by atoms with Crippen molar-refractivity contribution in [3.05, 3.63) is 35.5 Å². The second kappa shape index (κ2) is 6.07. The minimum absolute atomic E-state index is 0.0376. The Morgan fingerprint density at radius 2 is 1.94 bits per heavy atom. The normalized spacial score (nSPS) is 8.67. The summed E-state index contributed by atoms with van der Waals surface area (Å²) in [4.78, 5) is 11.1. The number of nitrogens with one attached hydrogen (secondary N) is 2. The van der Waals surface area contributed by atoms with Crippen molar-refractivity contribution in [3.8, 4) is 12.1 Å². The summed E-state index contributed by atoms with van der Waals surface area (Å²) in [7, 11) is 0. The van der Waals surface area contributed by atoms with Crippen LogP contribution in [0.1, 0.15) is 12.5 Å². The van der Waals surface area contributed by atoms with Crippen LogP contribution in [0.2, 0.25) is 0 Å². The lowest BCUT2D eigenvalue weighted by molar-refractivity contribution is -0.114. The van der Waals surface area contributed by atoms with E-state index in [1.807, 2.05) is 13.0 Å². The number of anilines is 2. The Morgan fingerprint density at radius 3 is 2.50 bits per heavy atom. The molecule has 1 aromatic carbocycles. The molecule has 5 nitrogen and oxygen atoms in total. The first-order valence-corrected chi connectivity index (χ1v) is 5.22. The fourth-order valence-corrected chi connectivity index (χ4v) is 1.32. The molecule has 0 saturated carbocycles. The molecule has 0 spiro atoms. The molecule has 5 heteroatoms. The third kappa shape index (κ3) is 3.66. The maximum absolute atomic E-state index is 11.1. The summed E-state index contributed by atoms with van der Waals surface area (Å²) >= 11 is 0. The van der Waals surface area contributed by atoms with Crippen LogP contribution in [0.3, 0.4) is 0 Å². The van der Waals surface area contributed by atoms with Gasteiger partial charge in [-0.1, -0.05) is 6.07 Å². The number of nitriles is 2. The van der Waals surface area contributed by atoms with Crippen LogP contribution in [0.25, 0.3) is 0 Å². The molecule has 0 unspecified atom stereocenters. The average Bonchev–Trinajstić information content (AvgIpc) is 2.32. The minimum atomic E-state index is -0.187. The van der Waals surface area contributed by atoms with Gasteiger partial charge in [-0.3, -0.25) is 4.79 Å². The molecule has 0 fully saturated rings. The van der Waals surface area contributed by atoms with Crippen LogP contribution >= 0.6 is 0 Å². The summed E-state index contributed by atoms with van der Waals surface area (Å²) in [5.41, 5.74) is 2.19. The molecule has 0 saturated heterocycles. The van der Waals surface area contributed by atoms with E-state index in [9.17, 15) is 4.79 Å². The summed E-state index contributed by atoms with van der Waals surface area (Å²) in [6, 6.07) is 8.92. The first-order valence-electron chi connectivity index (χ1n) is 5.22. The molecule has 0 aliphatic rings. The van der Waals surface area contributed by atoms with Crippen molar-refractivity contribution >= 4 is 17.3 Å².